The van der Waals surface area contributed by atoms with E-state index in [4.69, 9.17) is 0 Å². The summed E-state index contributed by atoms with van der Waals surface area (Å²) in [5.74, 6) is 0.878. The summed E-state index contributed by atoms with van der Waals surface area (Å²) in [5.41, 5.74) is 0. The third kappa shape index (κ3) is 5.74. The Hall–Kier alpha value is 0.500. The van der Waals surface area contributed by atoms with E-state index >= 15 is 0 Å². The second-order valence-corrected chi connectivity index (χ2v) is 2.77. The molecule has 0 aromatic carbocycles. The van der Waals surface area contributed by atoms with Gasteiger partial charge in [0, 0.05) is 0 Å². The van der Waals surface area contributed by atoms with Crippen LogP contribution in [0.15, 0.2) is 0 Å². The van der Waals surface area contributed by atoms with Crippen molar-refractivity contribution in [2.24, 2.45) is 5.92 Å². The van der Waals surface area contributed by atoms with Crippen molar-refractivity contribution in [3.05, 3.63) is 0 Å². The second kappa shape index (κ2) is 8.60. The average molecular weight is 201 g/mol. The molecule has 0 aromatic rings. The van der Waals surface area contributed by atoms with Crippen molar-refractivity contribution in [1.82, 2.24) is 10.6 Å². The van der Waals surface area contributed by atoms with Crippen LogP contribution in [0.3, 0.4) is 0 Å². The van der Waals surface area contributed by atoms with E-state index in [-0.39, 0.29) is 24.8 Å². The van der Waals surface area contributed by atoms with Crippen LogP contribution < -0.4 is 10.6 Å². The van der Waals surface area contributed by atoms with Gasteiger partial charge in [0.05, 0.1) is 0 Å². The van der Waals surface area contributed by atoms with Gasteiger partial charge in [0.1, 0.15) is 0 Å². The van der Waals surface area contributed by atoms with Crippen molar-refractivity contribution in [2.75, 3.05) is 26.7 Å². The lowest BCUT2D eigenvalue weighted by Crippen LogP contribution is -2.34. The van der Waals surface area contributed by atoms with Crippen molar-refractivity contribution in [1.29, 1.82) is 0 Å². The molecule has 0 aliphatic carbocycles. The number of hydrogen-bond donors (Lipinski definition) is 2. The van der Waals surface area contributed by atoms with Gasteiger partial charge in [-0.1, -0.05) is 0 Å². The molecule has 1 atom stereocenters. The van der Waals surface area contributed by atoms with E-state index < -0.39 is 0 Å². The predicted octanol–water partition coefficient (Wildman–Crippen LogP) is 1.05. The molecule has 0 bridgehead atoms. The van der Waals surface area contributed by atoms with Gasteiger partial charge in [-0.05, 0) is 45.4 Å². The van der Waals surface area contributed by atoms with Crippen LogP contribution in [-0.4, -0.2) is 26.7 Å². The van der Waals surface area contributed by atoms with Gasteiger partial charge in [0.15, 0.2) is 0 Å². The topological polar surface area (TPSA) is 24.1 Å². The molecule has 11 heavy (non-hydrogen) atoms. The molecule has 0 amide bonds. The quantitative estimate of drug-likeness (QED) is 0.697. The van der Waals surface area contributed by atoms with E-state index in [1.807, 2.05) is 7.05 Å². The van der Waals surface area contributed by atoms with Crippen LogP contribution in [0.4, 0.5) is 0 Å². The van der Waals surface area contributed by atoms with Crippen molar-refractivity contribution in [3.8, 4) is 0 Å². The normalized spacial score (nSPS) is 23.2. The molecule has 0 aromatic heterocycles. The SMILES string of the molecule is CNC[C@@H]1CCCNC1.Cl.Cl. The Balaban J connectivity index is 0. The molecular weight excluding hydrogens is 183 g/mol. The van der Waals surface area contributed by atoms with E-state index in [1.54, 1.807) is 0 Å². The summed E-state index contributed by atoms with van der Waals surface area (Å²) >= 11 is 0. The first-order valence-electron chi connectivity index (χ1n) is 3.79. The summed E-state index contributed by atoms with van der Waals surface area (Å²) < 4.78 is 0. The Labute approximate surface area is 81.3 Å². The van der Waals surface area contributed by atoms with Gasteiger partial charge >= 0.3 is 0 Å². The number of piperidine rings is 1. The fourth-order valence-electron chi connectivity index (χ4n) is 1.39. The molecule has 1 heterocycles. The van der Waals surface area contributed by atoms with Crippen molar-refractivity contribution in [2.45, 2.75) is 12.8 Å². The standard InChI is InChI=1S/C7H16N2.2ClH/c1-8-5-7-3-2-4-9-6-7;;/h7-9H,2-6H2,1H3;2*1H/t7-;;/m0../s1. The van der Waals surface area contributed by atoms with Crippen LogP contribution in [0, 0.1) is 5.92 Å². The molecule has 1 rings (SSSR count). The molecule has 1 saturated heterocycles. The summed E-state index contributed by atoms with van der Waals surface area (Å²) in [5, 5.41) is 6.58. The summed E-state index contributed by atoms with van der Waals surface area (Å²) in [7, 11) is 2.02. The fraction of sp³-hybridized carbons (Fsp3) is 1.00. The molecule has 1 aliphatic heterocycles. The van der Waals surface area contributed by atoms with Gasteiger partial charge < -0.3 is 10.6 Å². The third-order valence-electron chi connectivity index (χ3n) is 1.89. The number of hydrogen-bond acceptors (Lipinski definition) is 2. The largest absolute Gasteiger partial charge is 0.319 e. The second-order valence-electron chi connectivity index (χ2n) is 2.77. The maximum Gasteiger partial charge on any atom is -0.000837 e. The molecule has 4 heteroatoms. The van der Waals surface area contributed by atoms with E-state index in [1.165, 1.54) is 32.5 Å². The van der Waals surface area contributed by atoms with Crippen molar-refractivity contribution < 1.29 is 0 Å². The van der Waals surface area contributed by atoms with Gasteiger partial charge in [-0.2, -0.15) is 0 Å². The summed E-state index contributed by atoms with van der Waals surface area (Å²) in [6.45, 7) is 3.61. The van der Waals surface area contributed by atoms with Crippen LogP contribution in [0.2, 0.25) is 0 Å². The summed E-state index contributed by atoms with van der Waals surface area (Å²) in [6, 6.07) is 0. The van der Waals surface area contributed by atoms with Crippen LogP contribution in [-0.2, 0) is 0 Å². The highest BCUT2D eigenvalue weighted by Gasteiger charge is 2.10. The lowest BCUT2D eigenvalue weighted by atomic mass is 10.00. The van der Waals surface area contributed by atoms with Crippen molar-refractivity contribution in [3.63, 3.8) is 0 Å². The molecule has 2 N–H and O–H groups in total. The first kappa shape index (κ1) is 14.0. The maximum atomic E-state index is 3.38. The van der Waals surface area contributed by atoms with Crippen LogP contribution in [0.1, 0.15) is 12.8 Å². The Morgan fingerprint density at radius 3 is 2.64 bits per heavy atom. The zero-order valence-electron chi connectivity index (χ0n) is 6.93. The van der Waals surface area contributed by atoms with Gasteiger partial charge in [-0.3, -0.25) is 0 Å². The molecule has 0 radical (unpaired) electrons. The van der Waals surface area contributed by atoms with Crippen LogP contribution in [0.25, 0.3) is 0 Å². The Bertz CT molecular complexity index is 72.1. The fourth-order valence-corrected chi connectivity index (χ4v) is 1.39. The molecule has 2 nitrogen and oxygen atoms in total. The molecule has 1 fully saturated rings. The van der Waals surface area contributed by atoms with Gasteiger partial charge in [-0.15, -0.1) is 24.8 Å². The summed E-state index contributed by atoms with van der Waals surface area (Å²) in [6.07, 6.45) is 2.75. The molecule has 70 valence electrons. The number of halogens is 2. The minimum Gasteiger partial charge on any atom is -0.319 e. The average Bonchev–Trinajstić information content (AvgIpc) is 1.91. The van der Waals surface area contributed by atoms with Gasteiger partial charge in [0.2, 0.25) is 0 Å². The van der Waals surface area contributed by atoms with Crippen molar-refractivity contribution >= 4 is 24.8 Å². The highest BCUT2D eigenvalue weighted by atomic mass is 35.5. The highest BCUT2D eigenvalue weighted by molar-refractivity contribution is 5.85. The molecule has 1 aliphatic rings. The van der Waals surface area contributed by atoms with Gasteiger partial charge in [-0.25, -0.2) is 0 Å². The zero-order chi connectivity index (χ0) is 6.53. The van der Waals surface area contributed by atoms with E-state index in [0.717, 1.165) is 5.92 Å². The van der Waals surface area contributed by atoms with Gasteiger partial charge in [0.25, 0.3) is 0 Å². The first-order chi connectivity index (χ1) is 4.43. The highest BCUT2D eigenvalue weighted by Crippen LogP contribution is 2.07. The monoisotopic (exact) mass is 200 g/mol. The van der Waals surface area contributed by atoms with E-state index in [9.17, 15) is 0 Å². The van der Waals surface area contributed by atoms with Crippen LogP contribution >= 0.6 is 24.8 Å². The first-order valence-corrected chi connectivity index (χ1v) is 3.79. The maximum absolute atomic E-state index is 3.38. The molecule has 0 unspecified atom stereocenters. The Kier molecular flexibility index (Phi) is 11.0. The minimum atomic E-state index is 0. The van der Waals surface area contributed by atoms with Crippen LogP contribution in [0.5, 0.6) is 0 Å². The molecular formula is C7H18Cl2N2. The smallest absolute Gasteiger partial charge is 0.000837 e. The lowest BCUT2D eigenvalue weighted by molar-refractivity contribution is 0.368. The molecule has 0 saturated carbocycles. The lowest BCUT2D eigenvalue weighted by Gasteiger charge is -2.21. The minimum absolute atomic E-state index is 0. The summed E-state index contributed by atoms with van der Waals surface area (Å²) in [4.78, 5) is 0. The zero-order valence-corrected chi connectivity index (χ0v) is 8.56. The molecule has 0 spiro atoms. The third-order valence-corrected chi connectivity index (χ3v) is 1.89. The van der Waals surface area contributed by atoms with E-state index in [2.05, 4.69) is 10.6 Å². The number of nitrogens with one attached hydrogen (secondary N) is 2. The Morgan fingerprint density at radius 1 is 1.45 bits per heavy atom. The van der Waals surface area contributed by atoms with E-state index in [0.29, 0.717) is 0 Å². The Morgan fingerprint density at radius 2 is 2.18 bits per heavy atom. The number of rotatable bonds is 2. The predicted molar refractivity (Wildman–Crippen MR) is 54.0 cm³/mol.